The number of benzene rings is 3. The second-order valence-corrected chi connectivity index (χ2v) is 9.74. The van der Waals surface area contributed by atoms with Gasteiger partial charge in [0.05, 0.1) is 23.7 Å². The van der Waals surface area contributed by atoms with Crippen LogP contribution in [0.4, 0.5) is 0 Å². The Labute approximate surface area is 224 Å². The number of carboxylic acids is 1. The minimum absolute atomic E-state index is 0.164. The molecule has 0 bridgehead atoms. The van der Waals surface area contributed by atoms with Crippen molar-refractivity contribution in [3.8, 4) is 11.1 Å². The standard InChI is InChI=1S/C29H23Cl2N3O3/c1-17-28(29(18-7-3-2-4-8-18)21-15-19(30)11-12-23(21)32-17)24-16-25(20-9-5-6-10-22(20)31)34(33-24)26(35)13-14-27(36)37/h2-12,15,25H,13-14,16H2,1H3,(H,36,37)/t25-/m0/s1. The Bertz CT molecular complexity index is 1550. The fourth-order valence-corrected chi connectivity index (χ4v) is 5.26. The van der Waals surface area contributed by atoms with Gasteiger partial charge < -0.3 is 5.11 Å². The predicted molar refractivity (Wildman–Crippen MR) is 146 cm³/mol. The molecule has 5 rings (SSSR count). The van der Waals surface area contributed by atoms with Gasteiger partial charge in [0.1, 0.15) is 0 Å². The van der Waals surface area contributed by atoms with Gasteiger partial charge in [-0.1, -0.05) is 71.7 Å². The number of aromatic nitrogens is 1. The summed E-state index contributed by atoms with van der Waals surface area (Å²) in [7, 11) is 0. The summed E-state index contributed by atoms with van der Waals surface area (Å²) < 4.78 is 0. The normalized spacial score (nSPS) is 15.2. The number of rotatable bonds is 6. The average Bonchev–Trinajstić information content (AvgIpc) is 3.32. The van der Waals surface area contributed by atoms with Crippen LogP contribution < -0.4 is 0 Å². The van der Waals surface area contributed by atoms with Gasteiger partial charge in [-0.25, -0.2) is 5.01 Å². The minimum atomic E-state index is -1.04. The molecule has 6 nitrogen and oxygen atoms in total. The lowest BCUT2D eigenvalue weighted by molar-refractivity contribution is -0.141. The van der Waals surface area contributed by atoms with Gasteiger partial charge in [0, 0.05) is 45.1 Å². The molecule has 8 heteroatoms. The Morgan fingerprint density at radius 2 is 1.70 bits per heavy atom. The van der Waals surface area contributed by atoms with Gasteiger partial charge in [0.15, 0.2) is 0 Å². The molecule has 0 saturated heterocycles. The zero-order valence-corrected chi connectivity index (χ0v) is 21.5. The van der Waals surface area contributed by atoms with Crippen molar-refractivity contribution in [1.82, 2.24) is 9.99 Å². The maximum absolute atomic E-state index is 13.2. The maximum Gasteiger partial charge on any atom is 0.303 e. The van der Waals surface area contributed by atoms with E-state index in [1.807, 2.05) is 73.7 Å². The molecule has 3 aromatic carbocycles. The lowest BCUT2D eigenvalue weighted by Gasteiger charge is -2.22. The fraction of sp³-hybridized carbons (Fsp3) is 0.172. The number of carbonyl (C=O) groups is 2. The molecule has 1 aliphatic rings. The molecule has 0 fully saturated rings. The predicted octanol–water partition coefficient (Wildman–Crippen LogP) is 7.06. The molecule has 2 heterocycles. The molecule has 186 valence electrons. The Hall–Kier alpha value is -3.74. The molecule has 1 aliphatic heterocycles. The molecule has 1 amide bonds. The van der Waals surface area contributed by atoms with Crippen LogP contribution in [0.1, 0.15) is 42.1 Å². The largest absolute Gasteiger partial charge is 0.481 e. The van der Waals surface area contributed by atoms with Gasteiger partial charge in [0.2, 0.25) is 5.91 Å². The SMILES string of the molecule is Cc1nc2ccc(Cl)cc2c(-c2ccccc2)c1C1=NN(C(=O)CCC(=O)O)[C@H](c2ccccc2Cl)C1. The number of hydrogen-bond acceptors (Lipinski definition) is 4. The van der Waals surface area contributed by atoms with Crippen LogP contribution in [-0.2, 0) is 9.59 Å². The third kappa shape index (κ3) is 4.95. The third-order valence-corrected chi connectivity index (χ3v) is 7.04. The van der Waals surface area contributed by atoms with Crippen LogP contribution in [0, 0.1) is 6.92 Å². The van der Waals surface area contributed by atoms with E-state index in [2.05, 4.69) is 0 Å². The summed E-state index contributed by atoms with van der Waals surface area (Å²) in [5.41, 5.74) is 5.74. The zero-order valence-electron chi connectivity index (χ0n) is 20.0. The summed E-state index contributed by atoms with van der Waals surface area (Å²) in [5, 5.41) is 17.3. The molecule has 1 N–H and O–H groups in total. The van der Waals surface area contributed by atoms with Crippen molar-refractivity contribution < 1.29 is 14.7 Å². The van der Waals surface area contributed by atoms with Crippen LogP contribution in [0.15, 0.2) is 77.9 Å². The minimum Gasteiger partial charge on any atom is -0.481 e. The number of aryl methyl sites for hydroxylation is 1. The first-order valence-corrected chi connectivity index (χ1v) is 12.6. The van der Waals surface area contributed by atoms with Crippen LogP contribution in [0.2, 0.25) is 10.0 Å². The molecule has 0 spiro atoms. The van der Waals surface area contributed by atoms with E-state index in [1.54, 1.807) is 6.07 Å². The highest BCUT2D eigenvalue weighted by Gasteiger charge is 2.36. The Balaban J connectivity index is 1.70. The molecule has 37 heavy (non-hydrogen) atoms. The number of carbonyl (C=O) groups excluding carboxylic acids is 1. The van der Waals surface area contributed by atoms with E-state index in [0.29, 0.717) is 22.2 Å². The van der Waals surface area contributed by atoms with E-state index >= 15 is 0 Å². The van der Waals surface area contributed by atoms with E-state index < -0.39 is 12.0 Å². The van der Waals surface area contributed by atoms with Crippen molar-refractivity contribution in [1.29, 1.82) is 0 Å². The highest BCUT2D eigenvalue weighted by molar-refractivity contribution is 6.32. The van der Waals surface area contributed by atoms with Crippen molar-refractivity contribution in [2.75, 3.05) is 0 Å². The number of nitrogens with zero attached hydrogens (tertiary/aromatic N) is 3. The molecular formula is C29H23Cl2N3O3. The quantitative estimate of drug-likeness (QED) is 0.288. The number of carboxylic acid groups (broad SMARTS) is 1. The molecule has 4 aromatic rings. The first-order valence-electron chi connectivity index (χ1n) is 11.8. The summed E-state index contributed by atoms with van der Waals surface area (Å²) in [6.45, 7) is 1.93. The average molecular weight is 532 g/mol. The van der Waals surface area contributed by atoms with Gasteiger partial charge in [-0.15, -0.1) is 0 Å². The highest BCUT2D eigenvalue weighted by atomic mass is 35.5. The number of amides is 1. The number of hydrogen-bond donors (Lipinski definition) is 1. The second kappa shape index (κ2) is 10.3. The lowest BCUT2D eigenvalue weighted by atomic mass is 9.89. The summed E-state index contributed by atoms with van der Waals surface area (Å²) in [6.07, 6.45) is -0.0418. The van der Waals surface area contributed by atoms with E-state index in [9.17, 15) is 9.59 Å². The Morgan fingerprint density at radius 1 is 0.973 bits per heavy atom. The van der Waals surface area contributed by atoms with E-state index in [4.69, 9.17) is 38.4 Å². The van der Waals surface area contributed by atoms with Crippen molar-refractivity contribution in [3.63, 3.8) is 0 Å². The van der Waals surface area contributed by atoms with Crippen LogP contribution in [-0.4, -0.2) is 32.7 Å². The van der Waals surface area contributed by atoms with Gasteiger partial charge in [-0.05, 0) is 42.3 Å². The van der Waals surface area contributed by atoms with Crippen molar-refractivity contribution in [2.24, 2.45) is 5.10 Å². The van der Waals surface area contributed by atoms with Crippen LogP contribution in [0.25, 0.3) is 22.0 Å². The number of hydrazone groups is 1. The highest BCUT2D eigenvalue weighted by Crippen LogP contribution is 2.41. The van der Waals surface area contributed by atoms with Crippen molar-refractivity contribution in [3.05, 3.63) is 99.7 Å². The van der Waals surface area contributed by atoms with Crippen molar-refractivity contribution >= 4 is 51.7 Å². The summed E-state index contributed by atoms with van der Waals surface area (Å²) in [5.74, 6) is -1.41. The first kappa shape index (κ1) is 24.9. The molecule has 0 unspecified atom stereocenters. The Morgan fingerprint density at radius 3 is 2.43 bits per heavy atom. The summed E-state index contributed by atoms with van der Waals surface area (Å²) in [6, 6.07) is 22.4. The number of pyridine rings is 1. The molecule has 0 aliphatic carbocycles. The van der Waals surface area contributed by atoms with Gasteiger partial charge >= 0.3 is 5.97 Å². The number of fused-ring (bicyclic) bond motifs is 1. The summed E-state index contributed by atoms with van der Waals surface area (Å²) >= 11 is 12.9. The number of halogens is 2. The smallest absolute Gasteiger partial charge is 0.303 e. The topological polar surface area (TPSA) is 82.9 Å². The summed E-state index contributed by atoms with van der Waals surface area (Å²) in [4.78, 5) is 29.2. The van der Waals surface area contributed by atoms with Crippen LogP contribution in [0.3, 0.4) is 0 Å². The van der Waals surface area contributed by atoms with Crippen LogP contribution in [0.5, 0.6) is 0 Å². The van der Waals surface area contributed by atoms with Gasteiger partial charge in [-0.2, -0.15) is 5.10 Å². The van der Waals surface area contributed by atoms with Gasteiger partial charge in [-0.3, -0.25) is 14.6 Å². The second-order valence-electron chi connectivity index (χ2n) is 8.89. The van der Waals surface area contributed by atoms with Crippen LogP contribution >= 0.6 is 23.2 Å². The zero-order chi connectivity index (χ0) is 26.1. The molecule has 0 radical (unpaired) electrons. The molecule has 1 atom stereocenters. The van der Waals surface area contributed by atoms with Gasteiger partial charge in [0.25, 0.3) is 0 Å². The first-order chi connectivity index (χ1) is 17.8. The molecule has 1 aromatic heterocycles. The van der Waals surface area contributed by atoms with Crippen molar-refractivity contribution in [2.45, 2.75) is 32.2 Å². The monoisotopic (exact) mass is 531 g/mol. The Kier molecular flexibility index (Phi) is 6.96. The fourth-order valence-electron chi connectivity index (χ4n) is 4.82. The van der Waals surface area contributed by atoms with E-state index in [-0.39, 0.29) is 18.7 Å². The molecule has 0 saturated carbocycles. The number of aliphatic carboxylic acids is 1. The third-order valence-electron chi connectivity index (χ3n) is 6.46. The maximum atomic E-state index is 13.2. The lowest BCUT2D eigenvalue weighted by Crippen LogP contribution is -2.27. The van der Waals surface area contributed by atoms with E-state index in [1.165, 1.54) is 5.01 Å². The molecular weight excluding hydrogens is 509 g/mol. The van der Waals surface area contributed by atoms with E-state index in [0.717, 1.165) is 38.9 Å².